The molecule has 2 aliphatic heterocycles. The summed E-state index contributed by atoms with van der Waals surface area (Å²) in [6.07, 6.45) is 0.702. The standard InChI is InChI=1S/C22H21N3O7S/c1-32-16-8-5-14-11-25(20(28)17(14)9-16)12-22(10-18(26)23-21(22)29)15-6-3-13(4-7-15)19(27)24-33(2,30)31/h3-9H,10-12H2,1-2H3,(H,24,27)(H,23,26,29)/t22-/m1/s1. The predicted octanol–water partition coefficient (Wildman–Crippen LogP) is 0.325. The molecule has 172 valence electrons. The van der Waals surface area contributed by atoms with E-state index in [1.54, 1.807) is 18.2 Å². The van der Waals surface area contributed by atoms with Crippen LogP contribution in [0.3, 0.4) is 0 Å². The van der Waals surface area contributed by atoms with E-state index in [1.807, 2.05) is 4.72 Å². The van der Waals surface area contributed by atoms with Crippen molar-refractivity contribution in [3.8, 4) is 5.75 Å². The minimum atomic E-state index is -3.74. The van der Waals surface area contributed by atoms with Crippen molar-refractivity contribution < 1.29 is 32.3 Å². The van der Waals surface area contributed by atoms with Crippen molar-refractivity contribution in [2.24, 2.45) is 0 Å². The van der Waals surface area contributed by atoms with E-state index in [0.717, 1.165) is 11.8 Å². The second-order valence-electron chi connectivity index (χ2n) is 8.10. The van der Waals surface area contributed by atoms with Crippen molar-refractivity contribution in [1.82, 2.24) is 14.9 Å². The Balaban J connectivity index is 1.65. The lowest BCUT2D eigenvalue weighted by Gasteiger charge is -2.31. The molecular weight excluding hydrogens is 450 g/mol. The summed E-state index contributed by atoms with van der Waals surface area (Å²) in [5, 5.41) is 2.31. The van der Waals surface area contributed by atoms with Crippen LogP contribution in [-0.2, 0) is 31.6 Å². The van der Waals surface area contributed by atoms with Crippen LogP contribution < -0.4 is 14.8 Å². The fourth-order valence-corrected chi connectivity index (χ4v) is 4.64. The number of nitrogens with zero attached hydrogens (tertiary/aromatic N) is 1. The fraction of sp³-hybridized carbons (Fsp3) is 0.273. The first-order valence-corrected chi connectivity index (χ1v) is 11.8. The Bertz CT molecular complexity index is 1290. The first kappa shape index (κ1) is 22.5. The van der Waals surface area contributed by atoms with Crippen molar-refractivity contribution in [3.63, 3.8) is 0 Å². The van der Waals surface area contributed by atoms with Gasteiger partial charge < -0.3 is 9.64 Å². The molecule has 0 unspecified atom stereocenters. The van der Waals surface area contributed by atoms with Crippen molar-refractivity contribution in [1.29, 1.82) is 0 Å². The third-order valence-electron chi connectivity index (χ3n) is 5.78. The van der Waals surface area contributed by atoms with Crippen LogP contribution in [-0.4, -0.2) is 56.9 Å². The number of carbonyl (C=O) groups is 4. The number of methoxy groups -OCH3 is 1. The van der Waals surface area contributed by atoms with Gasteiger partial charge >= 0.3 is 0 Å². The zero-order valence-electron chi connectivity index (χ0n) is 17.9. The number of fused-ring (bicyclic) bond motifs is 1. The summed E-state index contributed by atoms with van der Waals surface area (Å²) < 4.78 is 29.7. The second-order valence-corrected chi connectivity index (χ2v) is 9.85. The van der Waals surface area contributed by atoms with E-state index in [2.05, 4.69) is 5.32 Å². The number of amides is 4. The van der Waals surface area contributed by atoms with Gasteiger partial charge in [0.05, 0.1) is 13.4 Å². The summed E-state index contributed by atoms with van der Waals surface area (Å²) in [5.74, 6) is -1.56. The fourth-order valence-electron chi connectivity index (χ4n) is 4.19. The lowest BCUT2D eigenvalue weighted by molar-refractivity contribution is -0.126. The normalized spacial score (nSPS) is 19.9. The highest BCUT2D eigenvalue weighted by molar-refractivity contribution is 7.89. The Morgan fingerprint density at radius 1 is 1.15 bits per heavy atom. The maximum absolute atomic E-state index is 13.0. The van der Waals surface area contributed by atoms with E-state index in [0.29, 0.717) is 16.9 Å². The van der Waals surface area contributed by atoms with Gasteiger partial charge in [-0.15, -0.1) is 0 Å². The molecule has 0 aromatic heterocycles. The van der Waals surface area contributed by atoms with Gasteiger partial charge in [-0.3, -0.25) is 24.5 Å². The Kier molecular flexibility index (Phi) is 5.44. The van der Waals surface area contributed by atoms with Gasteiger partial charge in [0.2, 0.25) is 21.8 Å². The molecule has 11 heteroatoms. The molecule has 33 heavy (non-hydrogen) atoms. The topological polar surface area (TPSA) is 139 Å². The summed E-state index contributed by atoms with van der Waals surface area (Å²) in [4.78, 5) is 51.7. The summed E-state index contributed by atoms with van der Waals surface area (Å²) in [7, 11) is -2.24. The van der Waals surface area contributed by atoms with E-state index >= 15 is 0 Å². The molecule has 10 nitrogen and oxygen atoms in total. The van der Waals surface area contributed by atoms with Crippen LogP contribution in [0.2, 0.25) is 0 Å². The summed E-state index contributed by atoms with van der Waals surface area (Å²) in [6.45, 7) is 0.228. The number of carbonyl (C=O) groups excluding carboxylic acids is 4. The van der Waals surface area contributed by atoms with Crippen LogP contribution in [0.1, 0.15) is 38.3 Å². The summed E-state index contributed by atoms with van der Waals surface area (Å²) >= 11 is 0. The van der Waals surface area contributed by atoms with Crippen LogP contribution in [0.25, 0.3) is 0 Å². The quantitative estimate of drug-likeness (QED) is 0.579. The molecule has 1 saturated heterocycles. The van der Waals surface area contributed by atoms with Crippen molar-refractivity contribution >= 4 is 33.7 Å². The van der Waals surface area contributed by atoms with Crippen molar-refractivity contribution in [2.45, 2.75) is 18.4 Å². The minimum absolute atomic E-state index is 0.0463. The average Bonchev–Trinajstić information content (AvgIpc) is 3.22. The van der Waals surface area contributed by atoms with E-state index in [-0.39, 0.29) is 31.0 Å². The first-order chi connectivity index (χ1) is 15.5. The molecule has 2 aliphatic rings. The lowest BCUT2D eigenvalue weighted by atomic mass is 9.78. The highest BCUT2D eigenvalue weighted by atomic mass is 32.2. The third-order valence-corrected chi connectivity index (χ3v) is 6.34. The van der Waals surface area contributed by atoms with Crippen LogP contribution in [0.5, 0.6) is 5.75 Å². The number of hydrogen-bond donors (Lipinski definition) is 2. The summed E-state index contributed by atoms with van der Waals surface area (Å²) in [6, 6.07) is 10.9. The molecular formula is C22H21N3O7S. The molecule has 0 bridgehead atoms. The molecule has 2 aromatic carbocycles. The molecule has 0 saturated carbocycles. The zero-order valence-corrected chi connectivity index (χ0v) is 18.7. The minimum Gasteiger partial charge on any atom is -0.497 e. The number of rotatable bonds is 6. The maximum atomic E-state index is 13.0. The van der Waals surface area contributed by atoms with E-state index < -0.39 is 33.2 Å². The Labute approximate surface area is 190 Å². The molecule has 0 radical (unpaired) electrons. The summed E-state index contributed by atoms with van der Waals surface area (Å²) in [5.41, 5.74) is 0.421. The number of sulfonamides is 1. The van der Waals surface area contributed by atoms with Gasteiger partial charge in [-0.05, 0) is 35.4 Å². The van der Waals surface area contributed by atoms with Gasteiger partial charge in [0, 0.05) is 30.6 Å². The Morgan fingerprint density at radius 3 is 2.42 bits per heavy atom. The van der Waals surface area contributed by atoms with Gasteiger partial charge in [0.1, 0.15) is 11.2 Å². The van der Waals surface area contributed by atoms with E-state index in [9.17, 15) is 27.6 Å². The van der Waals surface area contributed by atoms with Crippen LogP contribution in [0.15, 0.2) is 42.5 Å². The first-order valence-electron chi connectivity index (χ1n) is 9.95. The van der Waals surface area contributed by atoms with Crippen LogP contribution >= 0.6 is 0 Å². The predicted molar refractivity (Wildman–Crippen MR) is 116 cm³/mol. The Hall–Kier alpha value is -3.73. The van der Waals surface area contributed by atoms with Crippen molar-refractivity contribution in [3.05, 3.63) is 64.7 Å². The SMILES string of the molecule is COc1ccc2c(c1)C(=O)N(C[C@@]1(c3ccc(C(=O)NS(C)(=O)=O)cc3)CC(=O)NC1=O)C2. The molecule has 1 fully saturated rings. The number of hydrogen-bond acceptors (Lipinski definition) is 7. The monoisotopic (exact) mass is 471 g/mol. The number of benzene rings is 2. The molecule has 1 atom stereocenters. The second kappa shape index (κ2) is 8.00. The molecule has 2 N–H and O–H groups in total. The smallest absolute Gasteiger partial charge is 0.264 e. The Morgan fingerprint density at radius 2 is 1.85 bits per heavy atom. The number of imide groups is 1. The molecule has 2 heterocycles. The number of ether oxygens (including phenoxy) is 1. The zero-order chi connectivity index (χ0) is 24.0. The van der Waals surface area contributed by atoms with Gasteiger partial charge in [-0.25, -0.2) is 13.1 Å². The highest BCUT2D eigenvalue weighted by Gasteiger charge is 2.50. The molecule has 2 aromatic rings. The molecule has 0 aliphatic carbocycles. The van der Waals surface area contributed by atoms with Crippen molar-refractivity contribution in [2.75, 3.05) is 19.9 Å². The van der Waals surface area contributed by atoms with E-state index in [1.165, 1.54) is 36.3 Å². The largest absolute Gasteiger partial charge is 0.497 e. The van der Waals surface area contributed by atoms with Crippen LogP contribution in [0.4, 0.5) is 0 Å². The van der Waals surface area contributed by atoms with Gasteiger partial charge in [0.25, 0.3) is 11.8 Å². The van der Waals surface area contributed by atoms with E-state index in [4.69, 9.17) is 4.74 Å². The maximum Gasteiger partial charge on any atom is 0.264 e. The highest BCUT2D eigenvalue weighted by Crippen LogP contribution is 2.37. The molecule has 4 rings (SSSR count). The third kappa shape index (κ3) is 4.19. The van der Waals surface area contributed by atoms with Crippen LogP contribution in [0, 0.1) is 0 Å². The molecule has 0 spiro atoms. The number of nitrogens with one attached hydrogen (secondary N) is 2. The average molecular weight is 471 g/mol. The van der Waals surface area contributed by atoms with Gasteiger partial charge in [-0.2, -0.15) is 0 Å². The van der Waals surface area contributed by atoms with Gasteiger partial charge in [0.15, 0.2) is 0 Å². The molecule has 4 amide bonds. The van der Waals surface area contributed by atoms with Gasteiger partial charge in [-0.1, -0.05) is 18.2 Å². The lowest BCUT2D eigenvalue weighted by Crippen LogP contribution is -2.46.